The minimum atomic E-state index is -0.176. The molecule has 4 heteroatoms. The molecule has 32 heavy (non-hydrogen) atoms. The predicted molar refractivity (Wildman–Crippen MR) is 129 cm³/mol. The first-order chi connectivity index (χ1) is 15.5. The van der Waals surface area contributed by atoms with Crippen LogP contribution >= 0.6 is 0 Å². The molecule has 162 valence electrons. The first kappa shape index (κ1) is 20.4. The van der Waals surface area contributed by atoms with Gasteiger partial charge >= 0.3 is 0 Å². The second kappa shape index (κ2) is 8.19. The number of benzene rings is 3. The third kappa shape index (κ3) is 3.66. The van der Waals surface area contributed by atoms with Crippen molar-refractivity contribution in [1.82, 2.24) is 0 Å². The Bertz CT molecular complexity index is 1210. The standard InChI is InChI=1S/C28H28N2O2/c1-17-8-9-18(2)22(14-17)28-27-25(29-23-6-4-5-7-24(23)30-28)15-20(16-26(27)31)19-10-12-21(32-3)13-11-19/h4-14,20,28-30H,15-16H2,1-3H3. The highest BCUT2D eigenvalue weighted by Crippen LogP contribution is 2.44. The van der Waals surface area contributed by atoms with Crippen LogP contribution in [0.2, 0.25) is 0 Å². The maximum Gasteiger partial charge on any atom is 0.163 e. The summed E-state index contributed by atoms with van der Waals surface area (Å²) in [5, 5.41) is 7.30. The van der Waals surface area contributed by atoms with E-state index in [1.807, 2.05) is 24.3 Å². The first-order valence-electron chi connectivity index (χ1n) is 11.1. The molecule has 0 amide bonds. The Labute approximate surface area is 189 Å². The van der Waals surface area contributed by atoms with Gasteiger partial charge in [0.2, 0.25) is 0 Å². The molecule has 3 aromatic carbocycles. The molecule has 1 aliphatic carbocycles. The van der Waals surface area contributed by atoms with Crippen molar-refractivity contribution in [1.29, 1.82) is 0 Å². The maximum absolute atomic E-state index is 13.7. The van der Waals surface area contributed by atoms with Crippen molar-refractivity contribution in [3.8, 4) is 5.75 Å². The lowest BCUT2D eigenvalue weighted by atomic mass is 9.78. The molecule has 0 spiro atoms. The third-order valence-corrected chi connectivity index (χ3v) is 6.64. The molecule has 1 heterocycles. The molecule has 0 bridgehead atoms. The number of methoxy groups -OCH3 is 1. The number of anilines is 2. The van der Waals surface area contributed by atoms with Crippen molar-refractivity contribution < 1.29 is 9.53 Å². The van der Waals surface area contributed by atoms with Gasteiger partial charge in [-0.15, -0.1) is 0 Å². The summed E-state index contributed by atoms with van der Waals surface area (Å²) in [6.07, 6.45) is 1.30. The van der Waals surface area contributed by atoms with E-state index < -0.39 is 0 Å². The number of carbonyl (C=O) groups is 1. The molecule has 0 fully saturated rings. The highest BCUT2D eigenvalue weighted by atomic mass is 16.5. The van der Waals surface area contributed by atoms with Gasteiger partial charge < -0.3 is 15.4 Å². The van der Waals surface area contributed by atoms with Gasteiger partial charge in [0.1, 0.15) is 5.75 Å². The molecular weight excluding hydrogens is 396 g/mol. The number of rotatable bonds is 3. The number of Topliss-reactive ketones (excluding diaryl/α,β-unsaturated/α-hetero) is 1. The molecular formula is C28H28N2O2. The van der Waals surface area contributed by atoms with Gasteiger partial charge in [0, 0.05) is 17.7 Å². The van der Waals surface area contributed by atoms with Crippen LogP contribution in [0.25, 0.3) is 0 Å². The summed E-state index contributed by atoms with van der Waals surface area (Å²) < 4.78 is 5.31. The fourth-order valence-corrected chi connectivity index (χ4v) is 4.91. The lowest BCUT2D eigenvalue weighted by Gasteiger charge is -2.30. The van der Waals surface area contributed by atoms with E-state index in [-0.39, 0.29) is 17.7 Å². The number of carbonyl (C=O) groups excluding carboxylic acids is 1. The molecule has 1 aliphatic heterocycles. The van der Waals surface area contributed by atoms with Crippen LogP contribution in [0.5, 0.6) is 5.75 Å². The molecule has 0 radical (unpaired) electrons. The van der Waals surface area contributed by atoms with Gasteiger partial charge in [-0.1, -0.05) is 48.0 Å². The van der Waals surface area contributed by atoms with Crippen LogP contribution in [0.3, 0.4) is 0 Å². The number of para-hydroxylation sites is 2. The number of ketones is 1. The van der Waals surface area contributed by atoms with E-state index in [2.05, 4.69) is 66.9 Å². The molecule has 2 N–H and O–H groups in total. The molecule has 5 rings (SSSR count). The van der Waals surface area contributed by atoms with Crippen LogP contribution < -0.4 is 15.4 Å². The molecule has 3 aromatic rings. The van der Waals surface area contributed by atoms with Crippen LogP contribution in [0.4, 0.5) is 11.4 Å². The minimum absolute atomic E-state index is 0.143. The molecule has 0 saturated carbocycles. The SMILES string of the molecule is COc1ccc(C2CC(=O)C3=C(C2)Nc2ccccc2NC3c2cc(C)ccc2C)cc1. The van der Waals surface area contributed by atoms with E-state index in [9.17, 15) is 4.79 Å². The summed E-state index contributed by atoms with van der Waals surface area (Å²) in [4.78, 5) is 13.7. The van der Waals surface area contributed by atoms with E-state index in [0.29, 0.717) is 6.42 Å². The van der Waals surface area contributed by atoms with Crippen molar-refractivity contribution in [3.05, 3.63) is 100 Å². The summed E-state index contributed by atoms with van der Waals surface area (Å²) in [6.45, 7) is 4.22. The average molecular weight is 425 g/mol. The van der Waals surface area contributed by atoms with Crippen LogP contribution in [-0.4, -0.2) is 12.9 Å². The molecule has 2 unspecified atom stereocenters. The number of ether oxygens (including phenoxy) is 1. The predicted octanol–water partition coefficient (Wildman–Crippen LogP) is 6.29. The normalized spacial score (nSPS) is 19.9. The van der Waals surface area contributed by atoms with Crippen molar-refractivity contribution in [3.63, 3.8) is 0 Å². The minimum Gasteiger partial charge on any atom is -0.497 e. The zero-order chi connectivity index (χ0) is 22.2. The summed E-state index contributed by atoms with van der Waals surface area (Å²) in [5.74, 6) is 1.17. The Kier molecular flexibility index (Phi) is 5.22. The second-order valence-corrected chi connectivity index (χ2v) is 8.80. The van der Waals surface area contributed by atoms with Gasteiger partial charge in [0.25, 0.3) is 0 Å². The van der Waals surface area contributed by atoms with Gasteiger partial charge in [-0.05, 0) is 67.1 Å². The number of aryl methyl sites for hydroxylation is 2. The number of hydrogen-bond acceptors (Lipinski definition) is 4. The van der Waals surface area contributed by atoms with E-state index in [1.165, 1.54) is 16.7 Å². The number of allylic oxidation sites excluding steroid dienone is 1. The zero-order valence-corrected chi connectivity index (χ0v) is 18.7. The quantitative estimate of drug-likeness (QED) is 0.519. The van der Waals surface area contributed by atoms with E-state index >= 15 is 0 Å². The van der Waals surface area contributed by atoms with Gasteiger partial charge in [-0.3, -0.25) is 4.79 Å². The van der Waals surface area contributed by atoms with E-state index in [1.54, 1.807) is 7.11 Å². The van der Waals surface area contributed by atoms with Crippen molar-refractivity contribution in [2.75, 3.05) is 17.7 Å². The lowest BCUT2D eigenvalue weighted by molar-refractivity contribution is -0.116. The zero-order valence-electron chi connectivity index (χ0n) is 18.7. The Morgan fingerprint density at radius 3 is 2.41 bits per heavy atom. The number of nitrogens with one attached hydrogen (secondary N) is 2. The van der Waals surface area contributed by atoms with E-state index in [4.69, 9.17) is 4.74 Å². The third-order valence-electron chi connectivity index (χ3n) is 6.64. The average Bonchev–Trinajstić information content (AvgIpc) is 2.97. The summed E-state index contributed by atoms with van der Waals surface area (Å²) >= 11 is 0. The Morgan fingerprint density at radius 2 is 1.66 bits per heavy atom. The van der Waals surface area contributed by atoms with Crippen LogP contribution in [0.15, 0.2) is 78.0 Å². The summed E-state index contributed by atoms with van der Waals surface area (Å²) in [6, 6.07) is 22.6. The fourth-order valence-electron chi connectivity index (χ4n) is 4.91. The Balaban J connectivity index is 1.61. The first-order valence-corrected chi connectivity index (χ1v) is 11.1. The van der Waals surface area contributed by atoms with Crippen LogP contribution in [0.1, 0.15) is 47.1 Å². The lowest BCUT2D eigenvalue weighted by Crippen LogP contribution is -2.27. The Morgan fingerprint density at radius 1 is 0.906 bits per heavy atom. The highest BCUT2D eigenvalue weighted by Gasteiger charge is 2.36. The van der Waals surface area contributed by atoms with Crippen molar-refractivity contribution in [2.45, 2.75) is 38.6 Å². The molecule has 0 aromatic heterocycles. The summed E-state index contributed by atoms with van der Waals surface area (Å²) in [7, 11) is 1.67. The van der Waals surface area contributed by atoms with Crippen LogP contribution in [0, 0.1) is 13.8 Å². The molecule has 2 aliphatic rings. The van der Waals surface area contributed by atoms with Crippen molar-refractivity contribution >= 4 is 17.2 Å². The largest absolute Gasteiger partial charge is 0.497 e. The smallest absolute Gasteiger partial charge is 0.163 e. The van der Waals surface area contributed by atoms with Crippen molar-refractivity contribution in [2.24, 2.45) is 0 Å². The Hall–Kier alpha value is -3.53. The van der Waals surface area contributed by atoms with Gasteiger partial charge in [0.05, 0.1) is 24.5 Å². The number of hydrogen-bond donors (Lipinski definition) is 2. The fraction of sp³-hybridized carbons (Fsp3) is 0.250. The van der Waals surface area contributed by atoms with E-state index in [0.717, 1.165) is 40.4 Å². The number of fused-ring (bicyclic) bond motifs is 1. The van der Waals surface area contributed by atoms with Crippen LogP contribution in [-0.2, 0) is 4.79 Å². The summed E-state index contributed by atoms with van der Waals surface area (Å²) in [5.41, 5.74) is 8.61. The second-order valence-electron chi connectivity index (χ2n) is 8.80. The topological polar surface area (TPSA) is 50.4 Å². The van der Waals surface area contributed by atoms with Gasteiger partial charge in [-0.2, -0.15) is 0 Å². The monoisotopic (exact) mass is 424 g/mol. The molecule has 0 saturated heterocycles. The molecule has 4 nitrogen and oxygen atoms in total. The maximum atomic E-state index is 13.7. The van der Waals surface area contributed by atoms with Gasteiger partial charge in [-0.25, -0.2) is 0 Å². The highest BCUT2D eigenvalue weighted by molar-refractivity contribution is 6.01. The van der Waals surface area contributed by atoms with Gasteiger partial charge in [0.15, 0.2) is 5.78 Å². The molecule has 2 atom stereocenters.